The topological polar surface area (TPSA) is 237 Å². The minimum atomic E-state index is -5.01. The van der Waals surface area contributed by atoms with Crippen molar-refractivity contribution in [3.8, 4) is 0 Å². The van der Waals surface area contributed by atoms with Gasteiger partial charge in [0.25, 0.3) is 0 Å². The zero-order valence-corrected chi connectivity index (χ0v) is 65.0. The molecule has 0 spiro atoms. The first-order valence-electron chi connectivity index (χ1n) is 38.7. The number of allylic oxidation sites excluding steroid dienone is 26. The molecule has 580 valence electrons. The van der Waals surface area contributed by atoms with Crippen LogP contribution in [0.1, 0.15) is 285 Å². The number of rotatable bonds is 71. The van der Waals surface area contributed by atoms with Gasteiger partial charge < -0.3 is 33.8 Å². The molecule has 17 nitrogen and oxygen atoms in total. The summed E-state index contributed by atoms with van der Waals surface area (Å²) in [5.74, 6) is -2.33. The van der Waals surface area contributed by atoms with Crippen LogP contribution in [0.5, 0.6) is 0 Å². The maximum atomic E-state index is 13.1. The monoisotopic (exact) mass is 1470 g/mol. The molecule has 0 aromatic rings. The van der Waals surface area contributed by atoms with Crippen LogP contribution in [0.15, 0.2) is 158 Å². The van der Waals surface area contributed by atoms with Crippen LogP contribution < -0.4 is 0 Å². The summed E-state index contributed by atoms with van der Waals surface area (Å²) >= 11 is 0. The van der Waals surface area contributed by atoms with E-state index in [4.69, 9.17) is 37.0 Å². The van der Waals surface area contributed by atoms with Crippen molar-refractivity contribution in [3.63, 3.8) is 0 Å². The summed E-state index contributed by atoms with van der Waals surface area (Å²) in [6.45, 7) is 4.43. The molecule has 0 fully saturated rings. The molecule has 0 aliphatic rings. The van der Waals surface area contributed by atoms with Gasteiger partial charge in [-0.15, -0.1) is 0 Å². The average Bonchev–Trinajstić information content (AvgIpc) is 0.923. The molecule has 0 rings (SSSR count). The lowest BCUT2D eigenvalue weighted by Gasteiger charge is -2.21. The molecule has 0 saturated heterocycles. The fraction of sp³-hybridized carbons (Fsp3) is 0.639. The predicted molar refractivity (Wildman–Crippen MR) is 417 cm³/mol. The van der Waals surface area contributed by atoms with Crippen molar-refractivity contribution in [2.75, 3.05) is 39.6 Å². The molecule has 19 heteroatoms. The third-order valence-electron chi connectivity index (χ3n) is 15.5. The first-order valence-corrected chi connectivity index (χ1v) is 41.7. The predicted octanol–water partition coefficient (Wildman–Crippen LogP) is 22.4. The molecule has 0 bridgehead atoms. The average molecular weight is 1470 g/mol. The van der Waals surface area contributed by atoms with Gasteiger partial charge in [0, 0.05) is 25.7 Å². The van der Waals surface area contributed by atoms with E-state index in [1.807, 2.05) is 12.2 Å². The fourth-order valence-corrected chi connectivity index (χ4v) is 11.2. The largest absolute Gasteiger partial charge is 0.472 e. The number of aliphatic hydroxyl groups is 1. The SMILES string of the molecule is CC/C=C\C/C=C\C/C=C\C/C=C\C/C=C\CCCC(=O)OCC(COP(=O)(O)OCC(O)COP(=O)(O)OCC(COC(=O)CCCCCCC/C=C\C/C=C\CCCCC)OC(=O)CCCCCCC/C=C\C/C=C\CCCCC)OC(=O)CCCC/C=C\C/C=C\C/C=C\C/C=C\CC. The Labute approximate surface area is 617 Å². The third-order valence-corrected chi connectivity index (χ3v) is 17.4. The minimum absolute atomic E-state index is 0.0244. The number of carbonyl (C=O) groups excluding carboxylic acids is 4. The van der Waals surface area contributed by atoms with E-state index in [-0.39, 0.29) is 25.7 Å². The first-order chi connectivity index (χ1) is 49.7. The van der Waals surface area contributed by atoms with Crippen LogP contribution in [0.2, 0.25) is 0 Å². The van der Waals surface area contributed by atoms with Crippen LogP contribution in [-0.4, -0.2) is 96.7 Å². The Bertz CT molecular complexity index is 2550. The van der Waals surface area contributed by atoms with Gasteiger partial charge in [-0.1, -0.05) is 250 Å². The van der Waals surface area contributed by atoms with Gasteiger partial charge in [0.1, 0.15) is 19.3 Å². The van der Waals surface area contributed by atoms with Crippen LogP contribution in [-0.2, 0) is 65.4 Å². The van der Waals surface area contributed by atoms with Crippen molar-refractivity contribution in [2.45, 2.75) is 303 Å². The van der Waals surface area contributed by atoms with E-state index in [1.165, 1.54) is 38.5 Å². The Hall–Kier alpha value is -5.32. The zero-order valence-electron chi connectivity index (χ0n) is 63.2. The van der Waals surface area contributed by atoms with Gasteiger partial charge in [-0.2, -0.15) is 0 Å². The molecule has 5 unspecified atom stereocenters. The van der Waals surface area contributed by atoms with E-state index in [9.17, 15) is 43.2 Å². The molecule has 0 radical (unpaired) electrons. The van der Waals surface area contributed by atoms with Crippen LogP contribution in [0.25, 0.3) is 0 Å². The number of phosphoric ester groups is 2. The Morgan fingerprint density at radius 2 is 0.520 bits per heavy atom. The van der Waals surface area contributed by atoms with E-state index < -0.39 is 97.5 Å². The molecule has 5 atom stereocenters. The van der Waals surface area contributed by atoms with Crippen molar-refractivity contribution < 1.29 is 80.2 Å². The second kappa shape index (κ2) is 74.0. The van der Waals surface area contributed by atoms with Gasteiger partial charge in [0.15, 0.2) is 12.2 Å². The van der Waals surface area contributed by atoms with E-state index in [0.29, 0.717) is 38.5 Å². The number of aliphatic hydroxyl groups excluding tert-OH is 1. The summed E-state index contributed by atoms with van der Waals surface area (Å²) in [6, 6.07) is 0. The second-order valence-corrected chi connectivity index (χ2v) is 28.1. The number of phosphoric acid groups is 2. The normalized spacial score (nSPS) is 14.8. The molecule has 0 aromatic carbocycles. The highest BCUT2D eigenvalue weighted by atomic mass is 31.2. The lowest BCUT2D eigenvalue weighted by atomic mass is 10.1. The molecular weight excluding hydrogens is 1330 g/mol. The highest BCUT2D eigenvalue weighted by Crippen LogP contribution is 2.45. The van der Waals surface area contributed by atoms with Crippen molar-refractivity contribution >= 4 is 39.5 Å². The smallest absolute Gasteiger partial charge is 0.462 e. The highest BCUT2D eigenvalue weighted by molar-refractivity contribution is 7.47. The Morgan fingerprint density at radius 3 is 0.843 bits per heavy atom. The zero-order chi connectivity index (χ0) is 74.6. The highest BCUT2D eigenvalue weighted by Gasteiger charge is 2.30. The summed E-state index contributed by atoms with van der Waals surface area (Å²) < 4.78 is 68.4. The number of ether oxygens (including phenoxy) is 4. The molecule has 102 heavy (non-hydrogen) atoms. The molecular formula is C83H136O17P2. The second-order valence-electron chi connectivity index (χ2n) is 25.2. The van der Waals surface area contributed by atoms with E-state index in [2.05, 4.69) is 174 Å². The fourth-order valence-electron chi connectivity index (χ4n) is 9.60. The van der Waals surface area contributed by atoms with E-state index in [1.54, 1.807) is 0 Å². The Morgan fingerprint density at radius 1 is 0.284 bits per heavy atom. The number of hydrogen-bond donors (Lipinski definition) is 3. The van der Waals surface area contributed by atoms with Gasteiger partial charge in [-0.05, 0) is 167 Å². The maximum Gasteiger partial charge on any atom is 0.472 e. The maximum absolute atomic E-state index is 13.1. The summed E-state index contributed by atoms with van der Waals surface area (Å²) in [5.41, 5.74) is 0. The number of unbranched alkanes of at least 4 members (excludes halogenated alkanes) is 19. The van der Waals surface area contributed by atoms with Crippen molar-refractivity contribution in [3.05, 3.63) is 158 Å². The van der Waals surface area contributed by atoms with Crippen molar-refractivity contribution in [1.82, 2.24) is 0 Å². The van der Waals surface area contributed by atoms with E-state index >= 15 is 0 Å². The first kappa shape index (κ1) is 96.7. The van der Waals surface area contributed by atoms with Gasteiger partial charge in [0.2, 0.25) is 0 Å². The summed E-state index contributed by atoms with van der Waals surface area (Å²) in [6.07, 6.45) is 85.2. The lowest BCUT2D eigenvalue weighted by molar-refractivity contribution is -0.161. The van der Waals surface area contributed by atoms with Crippen LogP contribution in [0.4, 0.5) is 0 Å². The third kappa shape index (κ3) is 73.0. The van der Waals surface area contributed by atoms with Crippen LogP contribution in [0.3, 0.4) is 0 Å². The molecule has 0 aliphatic carbocycles. The van der Waals surface area contributed by atoms with Crippen LogP contribution in [0, 0.1) is 0 Å². The number of hydrogen-bond acceptors (Lipinski definition) is 15. The Kier molecular flexibility index (Phi) is 70.1. The van der Waals surface area contributed by atoms with E-state index in [0.717, 1.165) is 154 Å². The van der Waals surface area contributed by atoms with Gasteiger partial charge in [-0.25, -0.2) is 9.13 Å². The number of esters is 4. The van der Waals surface area contributed by atoms with Crippen molar-refractivity contribution in [1.29, 1.82) is 0 Å². The van der Waals surface area contributed by atoms with Gasteiger partial charge >= 0.3 is 39.5 Å². The lowest BCUT2D eigenvalue weighted by Crippen LogP contribution is -2.30. The standard InChI is InChI=1S/C83H136O17P2/c1-5-9-13-17-21-25-29-33-37-38-42-44-48-52-56-60-64-68-81(86)94-74-79(100-83(88)70-66-62-58-54-50-46-41-36-32-28-24-20-16-12-8-4)76-98-102(91,92)96-72-77(84)71-95-101(89,90)97-75-78(99-82(87)69-65-61-57-53-49-45-40-35-31-27-23-19-15-11-7-3)73-93-80(85)67-63-59-55-51-47-43-39-34-30-26-22-18-14-10-6-2/h9,12-13,16,21-28,33-37,39-42,44,50,52,54,56,77-79,84H,5-8,10-11,14-15,17-20,29-32,38,43,45-49,51,53,55,57-76H2,1-4H3,(H,89,90)(H,91,92)/b13-9-,16-12-,25-21-,26-22-,27-23-,28-24-,37-33-,39-34-,40-35-,41-36-,44-42-,54-50-,56-52-. The molecule has 0 saturated carbocycles. The minimum Gasteiger partial charge on any atom is -0.462 e. The summed E-state index contributed by atoms with van der Waals surface area (Å²) in [5, 5.41) is 10.6. The van der Waals surface area contributed by atoms with Gasteiger partial charge in [-0.3, -0.25) is 37.3 Å². The number of carbonyl (C=O) groups is 4. The van der Waals surface area contributed by atoms with Crippen molar-refractivity contribution in [2.24, 2.45) is 0 Å². The molecule has 0 heterocycles. The van der Waals surface area contributed by atoms with Gasteiger partial charge in [0.05, 0.1) is 26.4 Å². The molecule has 0 aliphatic heterocycles. The molecule has 0 amide bonds. The molecule has 3 N–H and O–H groups in total. The molecule has 0 aromatic heterocycles. The quantitative estimate of drug-likeness (QED) is 0.0169. The summed E-state index contributed by atoms with van der Waals surface area (Å²) in [7, 11) is -10.0. The Balaban J connectivity index is 5.48. The summed E-state index contributed by atoms with van der Waals surface area (Å²) in [4.78, 5) is 72.9. The van der Waals surface area contributed by atoms with Crippen LogP contribution >= 0.6 is 15.6 Å².